The number of hydrogen-bond acceptors (Lipinski definition) is 4. The van der Waals surface area contributed by atoms with E-state index in [1.54, 1.807) is 24.3 Å². The van der Waals surface area contributed by atoms with Gasteiger partial charge in [-0.25, -0.2) is 8.42 Å². The largest absolute Gasteiger partial charge is 0.352 e. The van der Waals surface area contributed by atoms with Crippen molar-refractivity contribution in [1.82, 2.24) is 14.9 Å². The first kappa shape index (κ1) is 18.8. The molecule has 1 saturated carbocycles. The summed E-state index contributed by atoms with van der Waals surface area (Å²) in [6.45, 7) is 1.17. The number of sulfonamides is 1. The van der Waals surface area contributed by atoms with Crippen molar-refractivity contribution in [3.05, 3.63) is 29.8 Å². The normalized spacial score (nSPS) is 17.8. The maximum Gasteiger partial charge on any atom is 0.243 e. The fourth-order valence-corrected chi connectivity index (χ4v) is 4.45. The van der Waals surface area contributed by atoms with Gasteiger partial charge in [0.2, 0.25) is 21.8 Å². The summed E-state index contributed by atoms with van der Waals surface area (Å²) in [6.07, 6.45) is 4.61. The zero-order valence-corrected chi connectivity index (χ0v) is 15.6. The van der Waals surface area contributed by atoms with E-state index in [0.29, 0.717) is 24.4 Å². The highest BCUT2D eigenvalue weighted by atomic mass is 32.2. The van der Waals surface area contributed by atoms with E-state index in [-0.39, 0.29) is 30.8 Å². The van der Waals surface area contributed by atoms with Gasteiger partial charge in [-0.1, -0.05) is 12.1 Å². The number of amides is 2. The lowest BCUT2D eigenvalue weighted by Gasteiger charge is -2.15. The number of nitrogens with one attached hydrogen (secondary N) is 2. The Labute approximate surface area is 154 Å². The SMILES string of the molecule is O=C(CCc1ccc(S(=O)(=O)N2CCCC2)cc1)NCC(=O)NC1CC1. The highest BCUT2D eigenvalue weighted by Crippen LogP contribution is 2.21. The molecule has 1 heterocycles. The van der Waals surface area contributed by atoms with Crippen LogP contribution in [0.15, 0.2) is 29.2 Å². The molecule has 26 heavy (non-hydrogen) atoms. The van der Waals surface area contributed by atoms with E-state index >= 15 is 0 Å². The van der Waals surface area contributed by atoms with Crippen molar-refractivity contribution < 1.29 is 18.0 Å². The number of carbonyl (C=O) groups excluding carboxylic acids is 2. The van der Waals surface area contributed by atoms with Crippen molar-refractivity contribution in [3.8, 4) is 0 Å². The van der Waals surface area contributed by atoms with Gasteiger partial charge in [-0.15, -0.1) is 0 Å². The van der Waals surface area contributed by atoms with Crippen LogP contribution in [0.25, 0.3) is 0 Å². The number of rotatable bonds is 8. The third kappa shape index (κ3) is 5.04. The Bertz CT molecular complexity index is 751. The average molecular weight is 379 g/mol. The zero-order valence-electron chi connectivity index (χ0n) is 14.7. The molecule has 0 radical (unpaired) electrons. The Balaban J connectivity index is 1.45. The number of benzene rings is 1. The van der Waals surface area contributed by atoms with Crippen LogP contribution in [0.3, 0.4) is 0 Å². The molecule has 142 valence electrons. The monoisotopic (exact) mass is 379 g/mol. The fraction of sp³-hybridized carbons (Fsp3) is 0.556. The fourth-order valence-electron chi connectivity index (χ4n) is 2.94. The smallest absolute Gasteiger partial charge is 0.243 e. The summed E-state index contributed by atoms with van der Waals surface area (Å²) in [4.78, 5) is 23.7. The van der Waals surface area contributed by atoms with Crippen LogP contribution in [0.5, 0.6) is 0 Å². The second-order valence-corrected chi connectivity index (χ2v) is 8.81. The molecular weight excluding hydrogens is 354 g/mol. The summed E-state index contributed by atoms with van der Waals surface area (Å²) in [5.74, 6) is -0.345. The van der Waals surface area contributed by atoms with Crippen molar-refractivity contribution in [3.63, 3.8) is 0 Å². The molecule has 0 aromatic heterocycles. The van der Waals surface area contributed by atoms with Gasteiger partial charge < -0.3 is 10.6 Å². The second-order valence-electron chi connectivity index (χ2n) is 6.87. The minimum Gasteiger partial charge on any atom is -0.352 e. The van der Waals surface area contributed by atoms with Gasteiger partial charge >= 0.3 is 0 Å². The minimum atomic E-state index is -3.40. The third-order valence-electron chi connectivity index (χ3n) is 4.66. The van der Waals surface area contributed by atoms with Crippen LogP contribution >= 0.6 is 0 Å². The topological polar surface area (TPSA) is 95.6 Å². The molecule has 2 aliphatic rings. The van der Waals surface area contributed by atoms with Gasteiger partial charge in [-0.2, -0.15) is 4.31 Å². The molecule has 1 aromatic carbocycles. The van der Waals surface area contributed by atoms with Crippen LogP contribution < -0.4 is 10.6 Å². The van der Waals surface area contributed by atoms with E-state index in [0.717, 1.165) is 31.2 Å². The molecule has 2 fully saturated rings. The summed E-state index contributed by atoms with van der Waals surface area (Å²) in [7, 11) is -3.40. The van der Waals surface area contributed by atoms with Crippen molar-refractivity contribution in [2.45, 2.75) is 49.5 Å². The highest BCUT2D eigenvalue weighted by Gasteiger charge is 2.27. The first-order valence-corrected chi connectivity index (χ1v) is 10.5. The molecule has 3 rings (SSSR count). The zero-order chi connectivity index (χ0) is 18.6. The van der Waals surface area contributed by atoms with E-state index in [1.807, 2.05) is 0 Å². The van der Waals surface area contributed by atoms with Gasteiger partial charge in [-0.3, -0.25) is 9.59 Å². The number of nitrogens with zero attached hydrogens (tertiary/aromatic N) is 1. The summed E-state index contributed by atoms with van der Waals surface area (Å²) in [5.41, 5.74) is 0.892. The Morgan fingerprint density at radius 1 is 1.04 bits per heavy atom. The van der Waals surface area contributed by atoms with Crippen LogP contribution in [0.1, 0.15) is 37.7 Å². The average Bonchev–Trinajstić information content (AvgIpc) is 3.25. The molecule has 0 spiro atoms. The minimum absolute atomic E-state index is 0.00233. The lowest BCUT2D eigenvalue weighted by molar-refractivity contribution is -0.126. The third-order valence-corrected chi connectivity index (χ3v) is 6.57. The lowest BCUT2D eigenvalue weighted by Crippen LogP contribution is -2.37. The van der Waals surface area contributed by atoms with Crippen molar-refractivity contribution in [2.75, 3.05) is 19.6 Å². The van der Waals surface area contributed by atoms with Gasteiger partial charge in [0.25, 0.3) is 0 Å². The molecular formula is C18H25N3O4S. The molecule has 0 unspecified atom stereocenters. The molecule has 8 heteroatoms. The molecule has 0 atom stereocenters. The first-order chi connectivity index (χ1) is 12.4. The molecule has 2 N–H and O–H groups in total. The van der Waals surface area contributed by atoms with Crippen LogP contribution in [0.2, 0.25) is 0 Å². The lowest BCUT2D eigenvalue weighted by atomic mass is 10.1. The van der Waals surface area contributed by atoms with E-state index in [2.05, 4.69) is 10.6 Å². The van der Waals surface area contributed by atoms with Crippen molar-refractivity contribution in [2.24, 2.45) is 0 Å². The van der Waals surface area contributed by atoms with Gasteiger partial charge in [0.1, 0.15) is 0 Å². The van der Waals surface area contributed by atoms with E-state index in [1.165, 1.54) is 4.31 Å². The van der Waals surface area contributed by atoms with Crippen molar-refractivity contribution >= 4 is 21.8 Å². The van der Waals surface area contributed by atoms with E-state index < -0.39 is 10.0 Å². The van der Waals surface area contributed by atoms with Crippen LogP contribution in [0.4, 0.5) is 0 Å². The number of carbonyl (C=O) groups is 2. The number of hydrogen-bond donors (Lipinski definition) is 2. The van der Waals surface area contributed by atoms with Gasteiger partial charge in [0.15, 0.2) is 0 Å². The Hall–Kier alpha value is -1.93. The predicted molar refractivity (Wildman–Crippen MR) is 96.9 cm³/mol. The van der Waals surface area contributed by atoms with E-state index in [9.17, 15) is 18.0 Å². The van der Waals surface area contributed by atoms with Gasteiger partial charge in [0, 0.05) is 25.6 Å². The maximum absolute atomic E-state index is 12.5. The molecule has 1 saturated heterocycles. The number of aryl methyl sites for hydroxylation is 1. The second kappa shape index (κ2) is 8.18. The molecule has 0 bridgehead atoms. The van der Waals surface area contributed by atoms with Crippen LogP contribution in [-0.2, 0) is 26.0 Å². The summed E-state index contributed by atoms with van der Waals surface area (Å²) >= 11 is 0. The quantitative estimate of drug-likeness (QED) is 0.698. The van der Waals surface area contributed by atoms with Gasteiger partial charge in [0.05, 0.1) is 11.4 Å². The van der Waals surface area contributed by atoms with E-state index in [4.69, 9.17) is 0 Å². The molecule has 1 aromatic rings. The summed E-state index contributed by atoms with van der Waals surface area (Å²) < 4.78 is 26.4. The maximum atomic E-state index is 12.5. The molecule has 2 amide bonds. The van der Waals surface area contributed by atoms with Crippen LogP contribution in [0, 0.1) is 0 Å². The van der Waals surface area contributed by atoms with Crippen LogP contribution in [-0.4, -0.2) is 50.2 Å². The molecule has 1 aliphatic carbocycles. The molecule has 1 aliphatic heterocycles. The molecule has 7 nitrogen and oxygen atoms in total. The highest BCUT2D eigenvalue weighted by molar-refractivity contribution is 7.89. The Morgan fingerprint density at radius 3 is 2.31 bits per heavy atom. The van der Waals surface area contributed by atoms with Gasteiger partial charge in [-0.05, 0) is 49.8 Å². The Kier molecular flexibility index (Phi) is 5.93. The summed E-state index contributed by atoms with van der Waals surface area (Å²) in [5, 5.41) is 5.42. The Morgan fingerprint density at radius 2 is 1.69 bits per heavy atom. The standard InChI is InChI=1S/C18H25N3O4S/c22-17(19-13-18(23)20-15-6-7-15)10-5-14-3-8-16(9-4-14)26(24,25)21-11-1-2-12-21/h3-4,8-9,15H,1-2,5-7,10-13H2,(H,19,22)(H,20,23). The first-order valence-electron chi connectivity index (χ1n) is 9.10. The van der Waals surface area contributed by atoms with Crippen molar-refractivity contribution in [1.29, 1.82) is 0 Å². The summed E-state index contributed by atoms with van der Waals surface area (Å²) in [6, 6.07) is 6.98. The predicted octanol–water partition coefficient (Wildman–Crippen LogP) is 0.799.